The minimum Gasteiger partial charge on any atom is -0.380 e. The summed E-state index contributed by atoms with van der Waals surface area (Å²) in [5.74, 6) is -0.490. The summed E-state index contributed by atoms with van der Waals surface area (Å²) >= 11 is 3.41. The van der Waals surface area contributed by atoms with Crippen LogP contribution in [0.5, 0.6) is 0 Å². The van der Waals surface area contributed by atoms with Crippen molar-refractivity contribution in [3.05, 3.63) is 67.9 Å². The highest BCUT2D eigenvalue weighted by Gasteiger charge is 2.14. The molecule has 2 rings (SSSR count). The Bertz CT molecular complexity index is 662. The lowest BCUT2D eigenvalue weighted by Crippen LogP contribution is -2.04. The van der Waals surface area contributed by atoms with E-state index in [1.54, 1.807) is 0 Å². The van der Waals surface area contributed by atoms with E-state index in [0.29, 0.717) is 5.56 Å². The van der Waals surface area contributed by atoms with E-state index in [1.807, 2.05) is 25.1 Å². The number of nitrogens with zero attached hydrogens (tertiary/aromatic N) is 1. The molecular weight excluding hydrogens is 327 g/mol. The van der Waals surface area contributed by atoms with Gasteiger partial charge in [0.25, 0.3) is 5.69 Å². The van der Waals surface area contributed by atoms with Crippen molar-refractivity contribution in [1.82, 2.24) is 0 Å². The monoisotopic (exact) mass is 338 g/mol. The Morgan fingerprint density at radius 1 is 1.30 bits per heavy atom. The van der Waals surface area contributed by atoms with E-state index >= 15 is 0 Å². The molecule has 0 heterocycles. The molecule has 4 nitrogen and oxygen atoms in total. The first-order chi connectivity index (χ1) is 9.47. The Hall–Kier alpha value is -1.95. The van der Waals surface area contributed by atoms with Crippen LogP contribution in [0.15, 0.2) is 40.9 Å². The Kier molecular flexibility index (Phi) is 4.34. The molecule has 0 bridgehead atoms. The van der Waals surface area contributed by atoms with Crippen LogP contribution in [0.25, 0.3) is 0 Å². The van der Waals surface area contributed by atoms with Crippen molar-refractivity contribution in [3.8, 4) is 0 Å². The molecule has 0 fully saturated rings. The molecule has 0 aliphatic carbocycles. The van der Waals surface area contributed by atoms with Crippen molar-refractivity contribution >= 4 is 27.3 Å². The predicted octanol–water partition coefficient (Wildman–Crippen LogP) is 4.42. The van der Waals surface area contributed by atoms with Gasteiger partial charge in [0.15, 0.2) is 0 Å². The molecule has 0 spiro atoms. The quantitative estimate of drug-likeness (QED) is 0.663. The van der Waals surface area contributed by atoms with Gasteiger partial charge < -0.3 is 5.32 Å². The lowest BCUT2D eigenvalue weighted by atomic mass is 10.1. The van der Waals surface area contributed by atoms with Crippen LogP contribution in [-0.4, -0.2) is 4.92 Å². The van der Waals surface area contributed by atoms with E-state index in [1.165, 1.54) is 12.1 Å². The molecule has 0 saturated carbocycles. The molecule has 1 N–H and O–H groups in total. The summed E-state index contributed by atoms with van der Waals surface area (Å²) in [4.78, 5) is 10.4. The van der Waals surface area contributed by atoms with Gasteiger partial charge in [-0.1, -0.05) is 6.07 Å². The van der Waals surface area contributed by atoms with Gasteiger partial charge in [-0.3, -0.25) is 10.1 Å². The predicted molar refractivity (Wildman–Crippen MR) is 79.3 cm³/mol. The molecule has 0 aromatic heterocycles. The molecule has 2 aromatic carbocycles. The van der Waals surface area contributed by atoms with E-state index in [-0.39, 0.29) is 12.2 Å². The van der Waals surface area contributed by atoms with Gasteiger partial charge in [-0.25, -0.2) is 4.39 Å². The van der Waals surface area contributed by atoms with Gasteiger partial charge in [-0.2, -0.15) is 0 Å². The van der Waals surface area contributed by atoms with Gasteiger partial charge in [0.2, 0.25) is 0 Å². The van der Waals surface area contributed by atoms with Crippen LogP contribution in [0.4, 0.5) is 15.8 Å². The zero-order valence-electron chi connectivity index (χ0n) is 10.7. The minimum atomic E-state index is -0.513. The van der Waals surface area contributed by atoms with Crippen molar-refractivity contribution in [3.63, 3.8) is 0 Å². The molecule has 104 valence electrons. The number of nitro groups is 1. The average molecular weight is 339 g/mol. The second-order valence-electron chi connectivity index (χ2n) is 4.37. The summed E-state index contributed by atoms with van der Waals surface area (Å²) in [6.07, 6.45) is 0. The average Bonchev–Trinajstić information content (AvgIpc) is 2.37. The minimum absolute atomic E-state index is 0.0952. The van der Waals surface area contributed by atoms with Gasteiger partial charge in [0.05, 0.1) is 10.5 Å². The summed E-state index contributed by atoms with van der Waals surface area (Å²) in [6, 6.07) is 9.16. The van der Waals surface area contributed by atoms with Crippen LogP contribution >= 0.6 is 15.9 Å². The Morgan fingerprint density at radius 3 is 2.70 bits per heavy atom. The third kappa shape index (κ3) is 3.33. The van der Waals surface area contributed by atoms with Crippen molar-refractivity contribution in [2.45, 2.75) is 13.5 Å². The van der Waals surface area contributed by atoms with Crippen LogP contribution in [-0.2, 0) is 6.54 Å². The largest absolute Gasteiger partial charge is 0.380 e. The molecule has 0 radical (unpaired) electrons. The summed E-state index contributed by atoms with van der Waals surface area (Å²) in [7, 11) is 0. The van der Waals surface area contributed by atoms with Gasteiger partial charge in [-0.15, -0.1) is 0 Å². The number of halogens is 2. The van der Waals surface area contributed by atoms with Crippen LogP contribution < -0.4 is 5.32 Å². The zero-order chi connectivity index (χ0) is 14.7. The van der Waals surface area contributed by atoms with E-state index in [2.05, 4.69) is 21.2 Å². The fourth-order valence-electron chi connectivity index (χ4n) is 1.83. The van der Waals surface area contributed by atoms with Gasteiger partial charge >= 0.3 is 0 Å². The maximum absolute atomic E-state index is 13.2. The van der Waals surface area contributed by atoms with Crippen molar-refractivity contribution in [1.29, 1.82) is 0 Å². The molecule has 0 aliphatic heterocycles. The lowest BCUT2D eigenvalue weighted by Gasteiger charge is -2.09. The number of anilines is 1. The SMILES string of the molecule is Cc1ccc(NCc2cc(F)ccc2[N+](=O)[O-])c(Br)c1. The van der Waals surface area contributed by atoms with E-state index in [9.17, 15) is 14.5 Å². The number of benzene rings is 2. The number of aryl methyl sites for hydroxylation is 1. The van der Waals surface area contributed by atoms with Crippen LogP contribution in [0.1, 0.15) is 11.1 Å². The lowest BCUT2D eigenvalue weighted by molar-refractivity contribution is -0.385. The van der Waals surface area contributed by atoms with E-state index < -0.39 is 10.7 Å². The number of nitrogens with one attached hydrogen (secondary N) is 1. The molecular formula is C14H12BrFN2O2. The summed E-state index contributed by atoms with van der Waals surface area (Å²) in [6.45, 7) is 2.14. The smallest absolute Gasteiger partial charge is 0.274 e. The number of nitro benzene ring substituents is 1. The van der Waals surface area contributed by atoms with Crippen molar-refractivity contribution in [2.24, 2.45) is 0 Å². The maximum atomic E-state index is 13.2. The maximum Gasteiger partial charge on any atom is 0.274 e. The zero-order valence-corrected chi connectivity index (χ0v) is 12.3. The van der Waals surface area contributed by atoms with E-state index in [0.717, 1.165) is 21.8 Å². The molecule has 0 saturated heterocycles. The van der Waals surface area contributed by atoms with Gasteiger partial charge in [-0.05, 0) is 52.7 Å². The summed E-state index contributed by atoms with van der Waals surface area (Å²) in [5, 5.41) is 14.0. The van der Waals surface area contributed by atoms with Crippen LogP contribution in [0.2, 0.25) is 0 Å². The Labute approximate surface area is 123 Å². The summed E-state index contributed by atoms with van der Waals surface area (Å²) < 4.78 is 14.1. The molecule has 0 amide bonds. The number of rotatable bonds is 4. The standard InChI is InChI=1S/C14H12BrFN2O2/c1-9-2-4-13(12(15)6-9)17-8-10-7-11(16)3-5-14(10)18(19)20/h2-7,17H,8H2,1H3. The van der Waals surface area contributed by atoms with Crippen molar-refractivity contribution in [2.75, 3.05) is 5.32 Å². The van der Waals surface area contributed by atoms with Crippen LogP contribution in [0.3, 0.4) is 0 Å². The summed E-state index contributed by atoms with van der Waals surface area (Å²) in [5.41, 5.74) is 2.11. The first-order valence-corrected chi connectivity index (χ1v) is 6.69. The Balaban J connectivity index is 2.22. The molecule has 0 unspecified atom stereocenters. The second-order valence-corrected chi connectivity index (χ2v) is 5.22. The molecule has 20 heavy (non-hydrogen) atoms. The topological polar surface area (TPSA) is 55.2 Å². The van der Waals surface area contributed by atoms with Gasteiger partial charge in [0, 0.05) is 22.8 Å². The van der Waals surface area contributed by atoms with Gasteiger partial charge in [0.1, 0.15) is 5.82 Å². The fraction of sp³-hybridized carbons (Fsp3) is 0.143. The van der Waals surface area contributed by atoms with Crippen molar-refractivity contribution < 1.29 is 9.31 Å². The second kappa shape index (κ2) is 6.00. The highest BCUT2D eigenvalue weighted by molar-refractivity contribution is 9.10. The molecule has 0 aliphatic rings. The number of hydrogen-bond acceptors (Lipinski definition) is 3. The first kappa shape index (κ1) is 14.5. The number of hydrogen-bond donors (Lipinski definition) is 1. The van der Waals surface area contributed by atoms with Crippen LogP contribution in [0, 0.1) is 22.9 Å². The first-order valence-electron chi connectivity index (χ1n) is 5.90. The van der Waals surface area contributed by atoms with E-state index in [4.69, 9.17) is 0 Å². The third-order valence-electron chi connectivity index (χ3n) is 2.83. The highest BCUT2D eigenvalue weighted by Crippen LogP contribution is 2.26. The third-order valence-corrected chi connectivity index (χ3v) is 3.49. The molecule has 2 aromatic rings. The highest BCUT2D eigenvalue weighted by atomic mass is 79.9. The molecule has 0 atom stereocenters. The fourth-order valence-corrected chi connectivity index (χ4v) is 2.46. The normalized spacial score (nSPS) is 10.3. The Morgan fingerprint density at radius 2 is 2.05 bits per heavy atom. The molecule has 6 heteroatoms.